The lowest BCUT2D eigenvalue weighted by molar-refractivity contribution is -0.137. The highest BCUT2D eigenvalue weighted by atomic mass is 35.5. The van der Waals surface area contributed by atoms with E-state index in [1.165, 1.54) is 28.2 Å². The number of hydrogen-bond donors (Lipinski definition) is 2. The Balaban J connectivity index is 0.00000420. The molecule has 0 bridgehead atoms. The lowest BCUT2D eigenvalue weighted by atomic mass is 9.95. The summed E-state index contributed by atoms with van der Waals surface area (Å²) in [5, 5.41) is 10.0. The summed E-state index contributed by atoms with van der Waals surface area (Å²) in [6.07, 6.45) is -0.905. The molecule has 2 aromatic rings. The molecule has 2 N–H and O–H groups in total. The van der Waals surface area contributed by atoms with Gasteiger partial charge in [-0.2, -0.15) is 13.2 Å². The largest absolute Gasteiger partial charge is 0.490 e. The first kappa shape index (κ1) is 31.2. The Hall–Kier alpha value is -2.33. The molecule has 3 heterocycles. The average Bonchev–Trinajstić information content (AvgIpc) is 2.92. The van der Waals surface area contributed by atoms with E-state index >= 15 is 0 Å². The van der Waals surface area contributed by atoms with Gasteiger partial charge in [-0.3, -0.25) is 10.0 Å². The van der Waals surface area contributed by atoms with Crippen molar-refractivity contribution in [3.05, 3.63) is 42.1 Å². The second kappa shape index (κ2) is 12.5. The number of ether oxygens (including phenoxy) is 1. The van der Waals surface area contributed by atoms with E-state index in [1.807, 2.05) is 11.2 Å². The fourth-order valence-corrected chi connectivity index (χ4v) is 7.28. The summed E-state index contributed by atoms with van der Waals surface area (Å²) in [5.74, 6) is -0.0917. The van der Waals surface area contributed by atoms with Crippen LogP contribution in [0.2, 0.25) is 0 Å². The van der Waals surface area contributed by atoms with Gasteiger partial charge in [0.15, 0.2) is 9.90 Å². The Morgan fingerprint density at radius 1 is 1.13 bits per heavy atom. The summed E-state index contributed by atoms with van der Waals surface area (Å²) in [4.78, 5) is 23.3. The molecule has 0 spiro atoms. The summed E-state index contributed by atoms with van der Waals surface area (Å²) in [7, 11) is -4.18. The molecular formula is C23H29ClF3N5O5S2. The number of carbonyl (C=O) groups excluding carboxylic acids is 1. The highest BCUT2D eigenvalue weighted by Crippen LogP contribution is 2.37. The molecule has 0 saturated carbocycles. The zero-order valence-electron chi connectivity index (χ0n) is 20.9. The number of amides is 1. The van der Waals surface area contributed by atoms with Crippen molar-refractivity contribution in [2.75, 3.05) is 37.3 Å². The van der Waals surface area contributed by atoms with Gasteiger partial charge >= 0.3 is 6.18 Å². The Morgan fingerprint density at radius 2 is 1.74 bits per heavy atom. The van der Waals surface area contributed by atoms with Crippen LogP contribution < -0.4 is 15.1 Å². The van der Waals surface area contributed by atoms with Crippen LogP contribution in [0, 0.1) is 0 Å². The first-order valence-electron chi connectivity index (χ1n) is 11.9. The molecule has 0 atom stereocenters. The van der Waals surface area contributed by atoms with E-state index in [-0.39, 0.29) is 57.2 Å². The summed E-state index contributed by atoms with van der Waals surface area (Å²) in [6.45, 7) is 0.595. The predicted octanol–water partition coefficient (Wildman–Crippen LogP) is 3.36. The van der Waals surface area contributed by atoms with E-state index in [1.54, 1.807) is 17.7 Å². The van der Waals surface area contributed by atoms with Gasteiger partial charge in [0.1, 0.15) is 17.7 Å². The highest BCUT2D eigenvalue weighted by molar-refractivity contribution is 7.98. The van der Waals surface area contributed by atoms with Gasteiger partial charge in [-0.15, -0.1) is 12.4 Å². The minimum atomic E-state index is -4.45. The van der Waals surface area contributed by atoms with Crippen molar-refractivity contribution < 1.29 is 36.3 Å². The number of aromatic nitrogens is 2. The standard InChI is InChI=1S/C23H28F3N5O5S2.ClH/c1-37-21-27-11-6-19(28-21)30-14-9-22(10-15-30,20(32)29-33)38(34,35)31-12-7-18(8-13-31)36-17-4-2-16(3-5-17)23(24,25)26;/h2-6,11,18,33H,7-10,12-15H2,1H3,(H,29,32);1H. The van der Waals surface area contributed by atoms with Crippen molar-refractivity contribution in [2.24, 2.45) is 0 Å². The van der Waals surface area contributed by atoms with E-state index in [2.05, 4.69) is 9.97 Å². The number of halogens is 4. The van der Waals surface area contributed by atoms with Crippen molar-refractivity contribution >= 4 is 45.9 Å². The molecule has 0 aliphatic carbocycles. The zero-order chi connectivity index (χ0) is 27.6. The number of alkyl halides is 3. The van der Waals surface area contributed by atoms with Gasteiger partial charge in [0.25, 0.3) is 5.91 Å². The van der Waals surface area contributed by atoms with Gasteiger partial charge in [0, 0.05) is 32.4 Å². The van der Waals surface area contributed by atoms with Gasteiger partial charge in [0.2, 0.25) is 10.0 Å². The number of nitrogens with one attached hydrogen (secondary N) is 1. The molecule has 2 aliphatic heterocycles. The predicted molar refractivity (Wildman–Crippen MR) is 141 cm³/mol. The number of piperidine rings is 2. The molecule has 2 fully saturated rings. The van der Waals surface area contributed by atoms with E-state index in [9.17, 15) is 31.6 Å². The molecule has 2 aliphatic rings. The maximum Gasteiger partial charge on any atom is 0.416 e. The van der Waals surface area contributed by atoms with Crippen molar-refractivity contribution in [2.45, 2.75) is 47.9 Å². The van der Waals surface area contributed by atoms with Crippen molar-refractivity contribution in [3.63, 3.8) is 0 Å². The van der Waals surface area contributed by atoms with Gasteiger partial charge in [-0.25, -0.2) is 28.2 Å². The van der Waals surface area contributed by atoms with Crippen LogP contribution in [-0.4, -0.2) is 77.1 Å². The number of hydroxylamine groups is 1. The Kier molecular flexibility index (Phi) is 9.97. The molecule has 16 heteroatoms. The number of benzene rings is 1. The average molecular weight is 612 g/mol. The van der Waals surface area contributed by atoms with E-state index in [0.29, 0.717) is 23.8 Å². The normalized spacial score (nSPS) is 18.7. The molecule has 216 valence electrons. The minimum absolute atomic E-state index is 0. The molecule has 0 unspecified atom stereocenters. The SMILES string of the molecule is CSc1nccc(N2CCC(C(=O)NO)(S(=O)(=O)N3CCC(Oc4ccc(C(F)(F)F)cc4)CC3)CC2)n1.Cl. The summed E-state index contributed by atoms with van der Waals surface area (Å²) in [6, 6.07) is 6.05. The molecule has 10 nitrogen and oxygen atoms in total. The van der Waals surface area contributed by atoms with Crippen LogP contribution in [-0.2, 0) is 21.0 Å². The lowest BCUT2D eigenvalue weighted by Crippen LogP contribution is -2.62. The van der Waals surface area contributed by atoms with Gasteiger partial charge in [-0.1, -0.05) is 11.8 Å². The molecular weight excluding hydrogens is 583 g/mol. The van der Waals surface area contributed by atoms with Crippen molar-refractivity contribution in [1.82, 2.24) is 19.8 Å². The second-order valence-electron chi connectivity index (χ2n) is 9.07. The lowest BCUT2D eigenvalue weighted by Gasteiger charge is -2.43. The monoisotopic (exact) mass is 611 g/mol. The third-order valence-electron chi connectivity index (χ3n) is 6.93. The summed E-state index contributed by atoms with van der Waals surface area (Å²) in [5.41, 5.74) is 0.769. The van der Waals surface area contributed by atoms with E-state index in [4.69, 9.17) is 4.74 Å². The Bertz CT molecular complexity index is 1240. The maximum atomic E-state index is 13.8. The first-order chi connectivity index (χ1) is 18.0. The van der Waals surface area contributed by atoms with Gasteiger partial charge in [0.05, 0.1) is 5.56 Å². The third kappa shape index (κ3) is 6.53. The summed E-state index contributed by atoms with van der Waals surface area (Å²) < 4.78 is 71.0. The topological polar surface area (TPSA) is 125 Å². The quantitative estimate of drug-likeness (QED) is 0.210. The maximum absolute atomic E-state index is 13.8. The number of sulfonamides is 1. The number of thioether (sulfide) groups is 1. The molecule has 0 radical (unpaired) electrons. The fourth-order valence-electron chi connectivity index (χ4n) is 4.76. The Labute approximate surface area is 234 Å². The smallest absolute Gasteiger partial charge is 0.416 e. The Morgan fingerprint density at radius 3 is 2.28 bits per heavy atom. The first-order valence-corrected chi connectivity index (χ1v) is 14.6. The van der Waals surface area contributed by atoms with Gasteiger partial charge in [-0.05, 0) is 62.3 Å². The van der Waals surface area contributed by atoms with Crippen LogP contribution in [0.1, 0.15) is 31.2 Å². The van der Waals surface area contributed by atoms with Crippen LogP contribution in [0.4, 0.5) is 19.0 Å². The molecule has 1 aromatic heterocycles. The minimum Gasteiger partial charge on any atom is -0.490 e. The molecule has 39 heavy (non-hydrogen) atoms. The van der Waals surface area contributed by atoms with Crippen molar-refractivity contribution in [1.29, 1.82) is 0 Å². The van der Waals surface area contributed by atoms with Crippen LogP contribution >= 0.6 is 24.2 Å². The van der Waals surface area contributed by atoms with Crippen molar-refractivity contribution in [3.8, 4) is 5.75 Å². The number of carbonyl (C=O) groups is 1. The molecule has 2 saturated heterocycles. The van der Waals surface area contributed by atoms with Crippen LogP contribution in [0.5, 0.6) is 5.75 Å². The number of rotatable bonds is 7. The number of nitrogens with zero attached hydrogens (tertiary/aromatic N) is 4. The fraction of sp³-hybridized carbons (Fsp3) is 0.522. The van der Waals surface area contributed by atoms with Gasteiger partial charge < -0.3 is 9.64 Å². The number of hydrogen-bond acceptors (Lipinski definition) is 9. The van der Waals surface area contributed by atoms with E-state index in [0.717, 1.165) is 12.1 Å². The second-order valence-corrected chi connectivity index (χ2v) is 12.1. The highest BCUT2D eigenvalue weighted by Gasteiger charge is 2.55. The molecule has 1 amide bonds. The zero-order valence-corrected chi connectivity index (χ0v) is 23.4. The number of anilines is 1. The molecule has 1 aromatic carbocycles. The summed E-state index contributed by atoms with van der Waals surface area (Å²) >= 11 is 1.38. The van der Waals surface area contributed by atoms with Crippen LogP contribution in [0.15, 0.2) is 41.7 Å². The van der Waals surface area contributed by atoms with Crippen LogP contribution in [0.3, 0.4) is 0 Å². The molecule has 4 rings (SSSR count). The van der Waals surface area contributed by atoms with Crippen LogP contribution in [0.25, 0.3) is 0 Å². The third-order valence-corrected chi connectivity index (χ3v) is 10.1. The van der Waals surface area contributed by atoms with E-state index < -0.39 is 38.5 Å².